The molecule has 0 radical (unpaired) electrons. The zero-order valence-corrected chi connectivity index (χ0v) is 13.7. The van der Waals surface area contributed by atoms with Gasteiger partial charge in [0.25, 0.3) is 5.91 Å². The number of nitrogens with zero attached hydrogens (tertiary/aromatic N) is 1. The highest BCUT2D eigenvalue weighted by Crippen LogP contribution is 2.31. The summed E-state index contributed by atoms with van der Waals surface area (Å²) in [6, 6.07) is 11.5. The molecule has 27 heavy (non-hydrogen) atoms. The lowest BCUT2D eigenvalue weighted by Crippen LogP contribution is -2.12. The summed E-state index contributed by atoms with van der Waals surface area (Å²) in [6.45, 7) is 0. The average molecular weight is 375 g/mol. The molecule has 0 spiro atoms. The third-order valence-electron chi connectivity index (χ3n) is 3.56. The number of hydrogen-bond donors (Lipinski definition) is 2. The van der Waals surface area contributed by atoms with E-state index in [-0.39, 0.29) is 16.9 Å². The van der Waals surface area contributed by atoms with Crippen LogP contribution in [0.5, 0.6) is 0 Å². The number of amides is 1. The molecule has 2 N–H and O–H groups in total. The first-order chi connectivity index (χ1) is 12.8. The van der Waals surface area contributed by atoms with Gasteiger partial charge < -0.3 is 10.6 Å². The van der Waals surface area contributed by atoms with Crippen molar-refractivity contribution in [3.05, 3.63) is 83.9 Å². The summed E-state index contributed by atoms with van der Waals surface area (Å²) in [4.78, 5) is 16.2. The summed E-state index contributed by atoms with van der Waals surface area (Å²) in [5.41, 5.74) is 0.184. The number of hydrogen-bond acceptors (Lipinski definition) is 3. The number of carbonyl (C=O) groups is 1. The van der Waals surface area contributed by atoms with Gasteiger partial charge in [0.05, 0.1) is 23.0 Å². The minimum absolute atomic E-state index is 0.163. The first kappa shape index (κ1) is 18.4. The number of rotatable bonds is 4. The van der Waals surface area contributed by atoms with Crippen molar-refractivity contribution in [3.63, 3.8) is 0 Å². The Labute approximate surface area is 151 Å². The molecule has 8 heteroatoms. The second-order valence-electron chi connectivity index (χ2n) is 5.63. The molecule has 0 saturated carbocycles. The Hall–Kier alpha value is -3.42. The van der Waals surface area contributed by atoms with E-state index in [4.69, 9.17) is 0 Å². The predicted molar refractivity (Wildman–Crippen MR) is 93.3 cm³/mol. The molecule has 0 fully saturated rings. The number of alkyl halides is 3. The van der Waals surface area contributed by atoms with Crippen molar-refractivity contribution in [2.75, 3.05) is 10.6 Å². The lowest BCUT2D eigenvalue weighted by Gasteiger charge is -2.11. The maximum absolute atomic E-state index is 13.2. The van der Waals surface area contributed by atoms with E-state index in [1.54, 1.807) is 0 Å². The lowest BCUT2D eigenvalue weighted by molar-refractivity contribution is -0.137. The summed E-state index contributed by atoms with van der Waals surface area (Å²) < 4.78 is 51.6. The summed E-state index contributed by atoms with van der Waals surface area (Å²) in [7, 11) is 0. The van der Waals surface area contributed by atoms with Gasteiger partial charge >= 0.3 is 6.18 Å². The Bertz CT molecular complexity index is 973. The molecule has 0 aliphatic carbocycles. The number of aromatic nitrogens is 1. The standard InChI is InChI=1S/C19H13F4N3O/c20-14-4-2-6-16(9-14)26-18(27)12-7-17(11-24-10-12)25-15-5-1-3-13(8-15)19(21,22)23/h1-11,25H,(H,26,27). The van der Waals surface area contributed by atoms with Gasteiger partial charge in [-0.15, -0.1) is 0 Å². The summed E-state index contributed by atoms with van der Waals surface area (Å²) in [6.07, 6.45) is -1.78. The fourth-order valence-electron chi connectivity index (χ4n) is 2.34. The van der Waals surface area contributed by atoms with Crippen LogP contribution in [-0.2, 0) is 6.18 Å². The van der Waals surface area contributed by atoms with Crippen LogP contribution >= 0.6 is 0 Å². The van der Waals surface area contributed by atoms with Gasteiger partial charge in [-0.05, 0) is 42.5 Å². The monoisotopic (exact) mass is 375 g/mol. The van der Waals surface area contributed by atoms with E-state index in [9.17, 15) is 22.4 Å². The molecule has 0 aliphatic heterocycles. The Morgan fingerprint density at radius 3 is 2.37 bits per heavy atom. The Balaban J connectivity index is 1.77. The van der Waals surface area contributed by atoms with E-state index in [1.165, 1.54) is 48.8 Å². The first-order valence-corrected chi connectivity index (χ1v) is 7.77. The Morgan fingerprint density at radius 1 is 0.889 bits per heavy atom. The minimum atomic E-state index is -4.46. The van der Waals surface area contributed by atoms with Gasteiger partial charge in [0.15, 0.2) is 0 Å². The minimum Gasteiger partial charge on any atom is -0.354 e. The molecule has 3 aromatic rings. The summed E-state index contributed by atoms with van der Waals surface area (Å²) in [5.74, 6) is -1.02. The van der Waals surface area contributed by atoms with E-state index in [1.807, 2.05) is 0 Å². The molecule has 1 amide bonds. The number of anilines is 3. The van der Waals surface area contributed by atoms with E-state index in [0.717, 1.165) is 18.2 Å². The molecule has 0 saturated heterocycles. The van der Waals surface area contributed by atoms with Gasteiger partial charge in [0.2, 0.25) is 0 Å². The predicted octanol–water partition coefficient (Wildman–Crippen LogP) is 5.24. The third-order valence-corrected chi connectivity index (χ3v) is 3.56. The second kappa shape index (κ2) is 7.45. The van der Waals surface area contributed by atoms with Crippen LogP contribution < -0.4 is 10.6 Å². The molecule has 0 atom stereocenters. The van der Waals surface area contributed by atoms with E-state index >= 15 is 0 Å². The van der Waals surface area contributed by atoms with Crippen LogP contribution in [0.4, 0.5) is 34.6 Å². The van der Waals surface area contributed by atoms with Crippen LogP contribution in [0.1, 0.15) is 15.9 Å². The number of pyridine rings is 1. The van der Waals surface area contributed by atoms with E-state index in [2.05, 4.69) is 15.6 Å². The van der Waals surface area contributed by atoms with Crippen LogP contribution in [-0.4, -0.2) is 10.9 Å². The maximum Gasteiger partial charge on any atom is 0.416 e. The van der Waals surface area contributed by atoms with Gasteiger partial charge in [-0.25, -0.2) is 4.39 Å². The Morgan fingerprint density at radius 2 is 1.63 bits per heavy atom. The van der Waals surface area contributed by atoms with Crippen LogP contribution in [0.2, 0.25) is 0 Å². The normalized spacial score (nSPS) is 11.1. The highest BCUT2D eigenvalue weighted by atomic mass is 19.4. The van der Waals surface area contributed by atoms with Crippen LogP contribution in [0.25, 0.3) is 0 Å². The molecule has 1 aromatic heterocycles. The van der Waals surface area contributed by atoms with Gasteiger partial charge in [0, 0.05) is 17.6 Å². The molecule has 0 aliphatic rings. The molecule has 0 bridgehead atoms. The SMILES string of the molecule is O=C(Nc1cccc(F)c1)c1cncc(Nc2cccc(C(F)(F)F)c2)c1. The van der Waals surface area contributed by atoms with Crippen molar-refractivity contribution >= 4 is 23.0 Å². The van der Waals surface area contributed by atoms with Gasteiger partial charge in [-0.1, -0.05) is 12.1 Å². The van der Waals surface area contributed by atoms with Gasteiger partial charge in [-0.2, -0.15) is 13.2 Å². The molecular formula is C19H13F4N3O. The van der Waals surface area contributed by atoms with Gasteiger partial charge in [-0.3, -0.25) is 9.78 Å². The molecule has 138 valence electrons. The van der Waals surface area contributed by atoms with Crippen molar-refractivity contribution in [1.82, 2.24) is 4.98 Å². The number of carbonyl (C=O) groups excluding carboxylic acids is 1. The Kier molecular flexibility index (Phi) is 5.07. The molecule has 0 unspecified atom stereocenters. The van der Waals surface area contributed by atoms with Crippen molar-refractivity contribution in [3.8, 4) is 0 Å². The molecular weight excluding hydrogens is 362 g/mol. The summed E-state index contributed by atoms with van der Waals surface area (Å²) >= 11 is 0. The average Bonchev–Trinajstić information content (AvgIpc) is 2.61. The lowest BCUT2D eigenvalue weighted by atomic mass is 10.2. The number of nitrogens with one attached hydrogen (secondary N) is 2. The number of benzene rings is 2. The largest absolute Gasteiger partial charge is 0.416 e. The smallest absolute Gasteiger partial charge is 0.354 e. The fourth-order valence-corrected chi connectivity index (χ4v) is 2.34. The van der Waals surface area contributed by atoms with Crippen molar-refractivity contribution < 1.29 is 22.4 Å². The molecule has 3 rings (SSSR count). The maximum atomic E-state index is 13.2. The molecule has 1 heterocycles. The van der Waals surface area contributed by atoms with Crippen LogP contribution in [0.15, 0.2) is 67.0 Å². The molecule has 2 aromatic carbocycles. The van der Waals surface area contributed by atoms with E-state index < -0.39 is 23.5 Å². The zero-order valence-electron chi connectivity index (χ0n) is 13.7. The van der Waals surface area contributed by atoms with Crippen molar-refractivity contribution in [2.24, 2.45) is 0 Å². The van der Waals surface area contributed by atoms with Crippen molar-refractivity contribution in [2.45, 2.75) is 6.18 Å². The van der Waals surface area contributed by atoms with Gasteiger partial charge in [0.1, 0.15) is 5.82 Å². The topological polar surface area (TPSA) is 54.0 Å². The fraction of sp³-hybridized carbons (Fsp3) is 0.0526. The van der Waals surface area contributed by atoms with Crippen molar-refractivity contribution in [1.29, 1.82) is 0 Å². The van der Waals surface area contributed by atoms with E-state index in [0.29, 0.717) is 5.69 Å². The van der Waals surface area contributed by atoms with Crippen LogP contribution in [0, 0.1) is 5.82 Å². The molecule has 4 nitrogen and oxygen atoms in total. The third kappa shape index (κ3) is 4.81. The quantitative estimate of drug-likeness (QED) is 0.614. The highest BCUT2D eigenvalue weighted by molar-refractivity contribution is 6.04. The van der Waals surface area contributed by atoms with Crippen LogP contribution in [0.3, 0.4) is 0 Å². The first-order valence-electron chi connectivity index (χ1n) is 7.77. The summed E-state index contributed by atoms with van der Waals surface area (Å²) in [5, 5.41) is 5.31. The number of halogens is 4. The second-order valence-corrected chi connectivity index (χ2v) is 5.63. The highest BCUT2D eigenvalue weighted by Gasteiger charge is 2.30. The zero-order chi connectivity index (χ0) is 19.4.